The summed E-state index contributed by atoms with van der Waals surface area (Å²) in [7, 11) is 1.28. The highest BCUT2D eigenvalue weighted by Crippen LogP contribution is 2.16. The largest absolute Gasteiger partial charge is 0.453 e. The molecule has 0 atom stereocenters. The van der Waals surface area contributed by atoms with Crippen LogP contribution in [0.25, 0.3) is 0 Å². The number of methoxy groups -OCH3 is 1. The topological polar surface area (TPSA) is 99.8 Å². The van der Waals surface area contributed by atoms with Crippen molar-refractivity contribution < 1.29 is 19.1 Å². The van der Waals surface area contributed by atoms with Crippen molar-refractivity contribution in [1.82, 2.24) is 10.2 Å². The molecular formula is C23H28N4O4. The molecule has 8 heteroatoms. The van der Waals surface area contributed by atoms with Gasteiger partial charge in [0.1, 0.15) is 0 Å². The molecule has 1 saturated heterocycles. The molecule has 4 amide bonds. The van der Waals surface area contributed by atoms with Gasteiger partial charge in [0, 0.05) is 36.9 Å². The van der Waals surface area contributed by atoms with E-state index in [0.29, 0.717) is 43.7 Å². The number of ether oxygens (including phenoxy) is 1. The van der Waals surface area contributed by atoms with E-state index in [1.807, 2.05) is 35.2 Å². The fourth-order valence-corrected chi connectivity index (χ4v) is 3.52. The standard InChI is InChI=1S/C23H28N4O4/c1-31-23(30)26-20-9-5-8-19(16-20)25-22(29)24-18-12-14-27(15-13-18)21(28)11-10-17-6-3-2-4-7-17/h2-9,16,18H,10-15H2,1H3,(H,26,30)(H2,24,25,29). The van der Waals surface area contributed by atoms with Crippen LogP contribution in [0.3, 0.4) is 0 Å². The number of likely N-dealkylation sites (tertiary alicyclic amines) is 1. The van der Waals surface area contributed by atoms with E-state index in [1.54, 1.807) is 24.3 Å². The molecule has 0 bridgehead atoms. The fourth-order valence-electron chi connectivity index (χ4n) is 3.52. The number of hydrogen-bond acceptors (Lipinski definition) is 4. The van der Waals surface area contributed by atoms with Crippen LogP contribution in [0.4, 0.5) is 21.0 Å². The minimum atomic E-state index is -0.577. The summed E-state index contributed by atoms with van der Waals surface area (Å²) in [6.07, 6.45) is 2.10. The Balaban J connectivity index is 1.40. The molecule has 1 aliphatic rings. The van der Waals surface area contributed by atoms with Gasteiger partial charge in [-0.2, -0.15) is 0 Å². The number of amides is 4. The van der Waals surface area contributed by atoms with Gasteiger partial charge in [-0.05, 0) is 43.0 Å². The Morgan fingerprint density at radius 3 is 2.32 bits per heavy atom. The number of aryl methyl sites for hydroxylation is 1. The average molecular weight is 425 g/mol. The van der Waals surface area contributed by atoms with Gasteiger partial charge in [0.2, 0.25) is 5.91 Å². The van der Waals surface area contributed by atoms with Crippen LogP contribution < -0.4 is 16.0 Å². The normalized spacial score (nSPS) is 13.9. The lowest BCUT2D eigenvalue weighted by Crippen LogP contribution is -2.47. The third-order valence-electron chi connectivity index (χ3n) is 5.21. The summed E-state index contributed by atoms with van der Waals surface area (Å²) >= 11 is 0. The minimum absolute atomic E-state index is 0.00884. The van der Waals surface area contributed by atoms with E-state index in [4.69, 9.17) is 0 Å². The van der Waals surface area contributed by atoms with Crippen molar-refractivity contribution in [2.75, 3.05) is 30.8 Å². The number of nitrogens with one attached hydrogen (secondary N) is 3. The number of rotatable bonds is 6. The maximum Gasteiger partial charge on any atom is 0.411 e. The second kappa shape index (κ2) is 11.0. The predicted molar refractivity (Wildman–Crippen MR) is 119 cm³/mol. The zero-order valence-electron chi connectivity index (χ0n) is 17.6. The Labute approximate surface area is 182 Å². The molecule has 0 saturated carbocycles. The number of urea groups is 1. The van der Waals surface area contributed by atoms with Gasteiger partial charge in [0.15, 0.2) is 0 Å². The van der Waals surface area contributed by atoms with Crippen LogP contribution in [-0.4, -0.2) is 49.2 Å². The molecule has 1 fully saturated rings. The molecule has 0 radical (unpaired) electrons. The Morgan fingerprint density at radius 1 is 0.968 bits per heavy atom. The number of benzene rings is 2. The molecular weight excluding hydrogens is 396 g/mol. The Morgan fingerprint density at radius 2 is 1.65 bits per heavy atom. The summed E-state index contributed by atoms with van der Waals surface area (Å²) < 4.78 is 4.56. The highest BCUT2D eigenvalue weighted by Gasteiger charge is 2.23. The second-order valence-electron chi connectivity index (χ2n) is 7.44. The molecule has 1 aliphatic heterocycles. The fraction of sp³-hybridized carbons (Fsp3) is 0.348. The SMILES string of the molecule is COC(=O)Nc1cccc(NC(=O)NC2CCN(C(=O)CCc3ccccc3)CC2)c1. The van der Waals surface area contributed by atoms with Gasteiger partial charge in [-0.25, -0.2) is 9.59 Å². The quantitative estimate of drug-likeness (QED) is 0.660. The first kappa shape index (κ1) is 22.1. The molecule has 164 valence electrons. The van der Waals surface area contributed by atoms with E-state index < -0.39 is 6.09 Å². The maximum absolute atomic E-state index is 12.5. The van der Waals surface area contributed by atoms with E-state index in [1.165, 1.54) is 7.11 Å². The monoisotopic (exact) mass is 424 g/mol. The van der Waals surface area contributed by atoms with Crippen molar-refractivity contribution >= 4 is 29.4 Å². The van der Waals surface area contributed by atoms with Crippen LogP contribution in [-0.2, 0) is 16.0 Å². The van der Waals surface area contributed by atoms with E-state index in [2.05, 4.69) is 20.7 Å². The van der Waals surface area contributed by atoms with Gasteiger partial charge >= 0.3 is 12.1 Å². The van der Waals surface area contributed by atoms with Crippen molar-refractivity contribution in [2.24, 2.45) is 0 Å². The smallest absolute Gasteiger partial charge is 0.411 e. The van der Waals surface area contributed by atoms with E-state index >= 15 is 0 Å². The lowest BCUT2D eigenvalue weighted by molar-refractivity contribution is -0.132. The van der Waals surface area contributed by atoms with Gasteiger partial charge in [0.25, 0.3) is 0 Å². The lowest BCUT2D eigenvalue weighted by atomic mass is 10.0. The van der Waals surface area contributed by atoms with Crippen LogP contribution in [0, 0.1) is 0 Å². The third-order valence-corrected chi connectivity index (χ3v) is 5.21. The summed E-state index contributed by atoms with van der Waals surface area (Å²) in [6.45, 7) is 1.27. The first-order valence-corrected chi connectivity index (χ1v) is 10.4. The number of nitrogens with zero attached hydrogens (tertiary/aromatic N) is 1. The molecule has 8 nitrogen and oxygen atoms in total. The van der Waals surface area contributed by atoms with Crippen molar-refractivity contribution in [3.8, 4) is 0 Å². The predicted octanol–water partition coefficient (Wildman–Crippen LogP) is 3.61. The van der Waals surface area contributed by atoms with E-state index in [9.17, 15) is 14.4 Å². The van der Waals surface area contributed by atoms with Crippen LogP contribution in [0.15, 0.2) is 54.6 Å². The highest BCUT2D eigenvalue weighted by atomic mass is 16.5. The first-order valence-electron chi connectivity index (χ1n) is 10.4. The summed E-state index contributed by atoms with van der Waals surface area (Å²) in [5.41, 5.74) is 2.24. The summed E-state index contributed by atoms with van der Waals surface area (Å²) in [4.78, 5) is 38.0. The summed E-state index contributed by atoms with van der Waals surface area (Å²) in [6, 6.07) is 16.5. The van der Waals surface area contributed by atoms with Crippen molar-refractivity contribution in [1.29, 1.82) is 0 Å². The number of carbonyl (C=O) groups excluding carboxylic acids is 3. The third kappa shape index (κ3) is 7.02. The van der Waals surface area contributed by atoms with E-state index in [-0.39, 0.29) is 18.0 Å². The minimum Gasteiger partial charge on any atom is -0.453 e. The van der Waals surface area contributed by atoms with Crippen molar-refractivity contribution in [2.45, 2.75) is 31.7 Å². The molecule has 0 spiro atoms. The highest BCUT2D eigenvalue weighted by molar-refractivity contribution is 5.91. The molecule has 0 unspecified atom stereocenters. The van der Waals surface area contributed by atoms with Gasteiger partial charge in [-0.1, -0.05) is 36.4 Å². The van der Waals surface area contributed by atoms with Gasteiger partial charge in [-0.15, -0.1) is 0 Å². The van der Waals surface area contributed by atoms with Crippen LogP contribution in [0.2, 0.25) is 0 Å². The number of piperidine rings is 1. The van der Waals surface area contributed by atoms with Crippen molar-refractivity contribution in [3.63, 3.8) is 0 Å². The van der Waals surface area contributed by atoms with Crippen molar-refractivity contribution in [3.05, 3.63) is 60.2 Å². The van der Waals surface area contributed by atoms with Gasteiger partial charge in [-0.3, -0.25) is 10.1 Å². The molecule has 2 aromatic rings. The second-order valence-corrected chi connectivity index (χ2v) is 7.44. The van der Waals surface area contributed by atoms with Crippen LogP contribution >= 0.6 is 0 Å². The Kier molecular flexibility index (Phi) is 7.86. The molecule has 0 aromatic heterocycles. The summed E-state index contributed by atoms with van der Waals surface area (Å²) in [5, 5.41) is 8.28. The van der Waals surface area contributed by atoms with Gasteiger partial charge < -0.3 is 20.3 Å². The number of carbonyl (C=O) groups is 3. The number of hydrogen-bond donors (Lipinski definition) is 3. The van der Waals surface area contributed by atoms with Gasteiger partial charge in [0.05, 0.1) is 7.11 Å². The average Bonchev–Trinajstić information content (AvgIpc) is 2.78. The Hall–Kier alpha value is -3.55. The van der Waals surface area contributed by atoms with Crippen LogP contribution in [0.1, 0.15) is 24.8 Å². The van der Waals surface area contributed by atoms with E-state index in [0.717, 1.165) is 12.0 Å². The molecule has 31 heavy (non-hydrogen) atoms. The zero-order valence-corrected chi connectivity index (χ0v) is 17.6. The molecule has 1 heterocycles. The molecule has 2 aromatic carbocycles. The molecule has 0 aliphatic carbocycles. The molecule has 3 N–H and O–H groups in total. The molecule has 3 rings (SSSR count). The zero-order chi connectivity index (χ0) is 22.1. The number of anilines is 2. The first-order chi connectivity index (χ1) is 15.0. The summed E-state index contributed by atoms with van der Waals surface area (Å²) in [5.74, 6) is 0.154. The lowest BCUT2D eigenvalue weighted by Gasteiger charge is -2.32. The Bertz CT molecular complexity index is 895. The maximum atomic E-state index is 12.5. The van der Waals surface area contributed by atoms with Crippen LogP contribution in [0.5, 0.6) is 0 Å².